The fourth-order valence-corrected chi connectivity index (χ4v) is 2.67. The Morgan fingerprint density at radius 3 is 2.77 bits per heavy atom. The standard InChI is InChI=1S/C17H16F2N2O/c18-14-6-5-13(11-15(14)19)20-17(22)8-10-21-9-7-12-3-1-2-4-16(12)21/h1-6,11H,7-10H2,(H,20,22). The molecule has 2 aromatic rings. The molecule has 3 nitrogen and oxygen atoms in total. The first-order valence-corrected chi connectivity index (χ1v) is 7.21. The molecule has 5 heteroatoms. The minimum absolute atomic E-state index is 0.213. The molecule has 0 saturated heterocycles. The molecule has 3 rings (SSSR count). The maximum absolute atomic E-state index is 13.1. The van der Waals surface area contributed by atoms with E-state index < -0.39 is 11.6 Å². The van der Waals surface area contributed by atoms with E-state index in [1.54, 1.807) is 0 Å². The molecule has 0 fully saturated rings. The Kier molecular flexibility index (Phi) is 4.04. The highest BCUT2D eigenvalue weighted by Gasteiger charge is 2.18. The Morgan fingerprint density at radius 1 is 1.14 bits per heavy atom. The average molecular weight is 302 g/mol. The number of anilines is 2. The Balaban J connectivity index is 1.56. The maximum atomic E-state index is 13.1. The van der Waals surface area contributed by atoms with Gasteiger partial charge in [0.25, 0.3) is 0 Å². The number of hydrogen-bond donors (Lipinski definition) is 1. The second kappa shape index (κ2) is 6.13. The summed E-state index contributed by atoms with van der Waals surface area (Å²) < 4.78 is 25.9. The smallest absolute Gasteiger partial charge is 0.226 e. The van der Waals surface area contributed by atoms with Crippen LogP contribution in [0.1, 0.15) is 12.0 Å². The van der Waals surface area contributed by atoms with Crippen molar-refractivity contribution < 1.29 is 13.6 Å². The average Bonchev–Trinajstić information content (AvgIpc) is 2.92. The zero-order chi connectivity index (χ0) is 15.5. The molecule has 114 valence electrons. The molecule has 0 radical (unpaired) electrons. The molecular formula is C17H16F2N2O. The van der Waals surface area contributed by atoms with Crippen molar-refractivity contribution in [3.63, 3.8) is 0 Å². The Morgan fingerprint density at radius 2 is 1.95 bits per heavy atom. The van der Waals surface area contributed by atoms with E-state index >= 15 is 0 Å². The van der Waals surface area contributed by atoms with Gasteiger partial charge in [-0.25, -0.2) is 8.78 Å². The van der Waals surface area contributed by atoms with Gasteiger partial charge in [0, 0.05) is 37.0 Å². The van der Waals surface area contributed by atoms with Gasteiger partial charge in [-0.1, -0.05) is 18.2 Å². The van der Waals surface area contributed by atoms with Crippen LogP contribution in [0.4, 0.5) is 20.2 Å². The minimum atomic E-state index is -0.966. The first-order chi connectivity index (χ1) is 10.6. The molecule has 0 unspecified atom stereocenters. The van der Waals surface area contributed by atoms with E-state index in [9.17, 15) is 13.6 Å². The lowest BCUT2D eigenvalue weighted by Gasteiger charge is -2.18. The molecular weight excluding hydrogens is 286 g/mol. The molecule has 0 atom stereocenters. The van der Waals surface area contributed by atoms with Crippen LogP contribution in [0.2, 0.25) is 0 Å². The fourth-order valence-electron chi connectivity index (χ4n) is 2.67. The van der Waals surface area contributed by atoms with Gasteiger partial charge >= 0.3 is 0 Å². The lowest BCUT2D eigenvalue weighted by molar-refractivity contribution is -0.116. The van der Waals surface area contributed by atoms with Crippen molar-refractivity contribution in [2.45, 2.75) is 12.8 Å². The third-order valence-electron chi connectivity index (χ3n) is 3.80. The van der Waals surface area contributed by atoms with Crippen molar-refractivity contribution >= 4 is 17.3 Å². The predicted octanol–water partition coefficient (Wildman–Crippen LogP) is 3.36. The zero-order valence-electron chi connectivity index (χ0n) is 12.0. The molecule has 1 heterocycles. The number of amides is 1. The second-order valence-electron chi connectivity index (χ2n) is 5.29. The number of carbonyl (C=O) groups excluding carboxylic acids is 1. The van der Waals surface area contributed by atoms with E-state index in [-0.39, 0.29) is 11.6 Å². The minimum Gasteiger partial charge on any atom is -0.370 e. The van der Waals surface area contributed by atoms with Crippen LogP contribution < -0.4 is 10.2 Å². The molecule has 0 aromatic heterocycles. The van der Waals surface area contributed by atoms with E-state index in [1.165, 1.54) is 17.3 Å². The molecule has 1 N–H and O–H groups in total. The number of halogens is 2. The number of fused-ring (bicyclic) bond motifs is 1. The summed E-state index contributed by atoms with van der Waals surface area (Å²) in [5, 5.41) is 2.59. The van der Waals surface area contributed by atoms with E-state index in [4.69, 9.17) is 0 Å². The van der Waals surface area contributed by atoms with Crippen molar-refractivity contribution in [3.05, 3.63) is 59.7 Å². The quantitative estimate of drug-likeness (QED) is 0.939. The predicted molar refractivity (Wildman–Crippen MR) is 82.0 cm³/mol. The van der Waals surface area contributed by atoms with Crippen molar-refractivity contribution in [1.82, 2.24) is 0 Å². The maximum Gasteiger partial charge on any atom is 0.226 e. The number of para-hydroxylation sites is 1. The summed E-state index contributed by atoms with van der Waals surface area (Å²) in [6, 6.07) is 11.5. The summed E-state index contributed by atoms with van der Waals surface area (Å²) >= 11 is 0. The first kappa shape index (κ1) is 14.5. The monoisotopic (exact) mass is 302 g/mol. The van der Waals surface area contributed by atoms with Gasteiger partial charge in [0.2, 0.25) is 5.91 Å². The summed E-state index contributed by atoms with van der Waals surface area (Å²) in [6.45, 7) is 1.50. The van der Waals surface area contributed by atoms with E-state index in [1.807, 2.05) is 12.1 Å². The number of rotatable bonds is 4. The lowest BCUT2D eigenvalue weighted by atomic mass is 10.2. The van der Waals surface area contributed by atoms with E-state index in [0.717, 1.165) is 25.1 Å². The molecule has 2 aromatic carbocycles. The van der Waals surface area contributed by atoms with Crippen molar-refractivity contribution in [1.29, 1.82) is 0 Å². The SMILES string of the molecule is O=C(CCN1CCc2ccccc21)Nc1ccc(F)c(F)c1. The first-order valence-electron chi connectivity index (χ1n) is 7.21. The molecule has 0 spiro atoms. The van der Waals surface area contributed by atoms with Crippen molar-refractivity contribution in [2.75, 3.05) is 23.3 Å². The van der Waals surface area contributed by atoms with Gasteiger partial charge in [-0.2, -0.15) is 0 Å². The summed E-state index contributed by atoms with van der Waals surface area (Å²) in [5.41, 5.74) is 2.73. The highest BCUT2D eigenvalue weighted by Crippen LogP contribution is 2.27. The molecule has 0 bridgehead atoms. The Bertz CT molecular complexity index is 703. The van der Waals surface area contributed by atoms with Crippen LogP contribution in [-0.2, 0) is 11.2 Å². The normalized spacial score (nSPS) is 13.1. The highest BCUT2D eigenvalue weighted by molar-refractivity contribution is 5.91. The number of benzene rings is 2. The van der Waals surface area contributed by atoms with Gasteiger partial charge in [0.15, 0.2) is 11.6 Å². The summed E-state index contributed by atoms with van der Waals surface area (Å²) in [4.78, 5) is 14.1. The molecule has 1 aliphatic heterocycles. The third-order valence-corrected chi connectivity index (χ3v) is 3.80. The van der Waals surface area contributed by atoms with Crippen LogP contribution >= 0.6 is 0 Å². The van der Waals surface area contributed by atoms with Gasteiger partial charge < -0.3 is 10.2 Å². The van der Waals surface area contributed by atoms with Crippen LogP contribution in [0, 0.1) is 11.6 Å². The number of hydrogen-bond acceptors (Lipinski definition) is 2. The second-order valence-corrected chi connectivity index (χ2v) is 5.29. The number of nitrogens with one attached hydrogen (secondary N) is 1. The van der Waals surface area contributed by atoms with Crippen LogP contribution in [-0.4, -0.2) is 19.0 Å². The third kappa shape index (κ3) is 3.08. The fraction of sp³-hybridized carbons (Fsp3) is 0.235. The highest BCUT2D eigenvalue weighted by atomic mass is 19.2. The zero-order valence-corrected chi connectivity index (χ0v) is 12.0. The number of carbonyl (C=O) groups is 1. The summed E-state index contributed by atoms with van der Waals surface area (Å²) in [6.07, 6.45) is 1.29. The summed E-state index contributed by atoms with van der Waals surface area (Å²) in [7, 11) is 0. The molecule has 0 saturated carbocycles. The van der Waals surface area contributed by atoms with Crippen LogP contribution in [0.25, 0.3) is 0 Å². The van der Waals surface area contributed by atoms with Crippen LogP contribution in [0.15, 0.2) is 42.5 Å². The Hall–Kier alpha value is -2.43. The lowest BCUT2D eigenvalue weighted by Crippen LogP contribution is -2.26. The number of nitrogens with zero attached hydrogens (tertiary/aromatic N) is 1. The van der Waals surface area contributed by atoms with Crippen LogP contribution in [0.3, 0.4) is 0 Å². The summed E-state index contributed by atoms with van der Waals surface area (Å²) in [5.74, 6) is -2.10. The van der Waals surface area contributed by atoms with Crippen molar-refractivity contribution in [3.8, 4) is 0 Å². The van der Waals surface area contributed by atoms with Gasteiger partial charge in [-0.05, 0) is 30.2 Å². The van der Waals surface area contributed by atoms with Gasteiger partial charge in [-0.3, -0.25) is 4.79 Å². The molecule has 1 amide bonds. The van der Waals surface area contributed by atoms with Crippen molar-refractivity contribution in [2.24, 2.45) is 0 Å². The van der Waals surface area contributed by atoms with Gasteiger partial charge in [0.05, 0.1) is 0 Å². The van der Waals surface area contributed by atoms with Gasteiger partial charge in [-0.15, -0.1) is 0 Å². The molecule has 22 heavy (non-hydrogen) atoms. The Labute approximate surface area is 127 Å². The molecule has 0 aliphatic carbocycles. The largest absolute Gasteiger partial charge is 0.370 e. The van der Waals surface area contributed by atoms with Gasteiger partial charge in [0.1, 0.15) is 0 Å². The molecule has 1 aliphatic rings. The van der Waals surface area contributed by atoms with Crippen LogP contribution in [0.5, 0.6) is 0 Å². The van der Waals surface area contributed by atoms with E-state index in [2.05, 4.69) is 22.3 Å². The topological polar surface area (TPSA) is 32.3 Å². The van der Waals surface area contributed by atoms with E-state index in [0.29, 0.717) is 13.0 Å².